The molecule has 2 aromatic carbocycles. The average Bonchev–Trinajstić information content (AvgIpc) is 2.69. The molecule has 2 aromatic rings. The fourth-order valence-electron chi connectivity index (χ4n) is 3.46. The highest BCUT2D eigenvalue weighted by molar-refractivity contribution is 9.10. The molecule has 5 nitrogen and oxygen atoms in total. The highest BCUT2D eigenvalue weighted by Gasteiger charge is 2.28. The number of amides is 1. The largest absolute Gasteiger partial charge is 0.352 e. The predicted octanol–water partition coefficient (Wildman–Crippen LogP) is 3.79. The SMILES string of the molecule is O=C(NC1CCCCC1)[C@@H](Cc1ccccc1)NS(=O)(=O)c1ccc(Br)cc1. The maximum absolute atomic E-state index is 12.9. The van der Waals surface area contributed by atoms with Crippen molar-refractivity contribution in [2.24, 2.45) is 0 Å². The van der Waals surface area contributed by atoms with E-state index in [4.69, 9.17) is 0 Å². The zero-order valence-electron chi connectivity index (χ0n) is 15.6. The van der Waals surface area contributed by atoms with E-state index in [0.717, 1.165) is 35.7 Å². The Hall–Kier alpha value is -1.70. The minimum Gasteiger partial charge on any atom is -0.352 e. The van der Waals surface area contributed by atoms with E-state index >= 15 is 0 Å². The van der Waals surface area contributed by atoms with Crippen LogP contribution in [-0.4, -0.2) is 26.4 Å². The number of benzene rings is 2. The summed E-state index contributed by atoms with van der Waals surface area (Å²) >= 11 is 3.31. The van der Waals surface area contributed by atoms with Crippen LogP contribution in [0, 0.1) is 0 Å². The van der Waals surface area contributed by atoms with E-state index in [9.17, 15) is 13.2 Å². The van der Waals surface area contributed by atoms with Gasteiger partial charge in [0.2, 0.25) is 15.9 Å². The van der Waals surface area contributed by atoms with Gasteiger partial charge in [0.25, 0.3) is 0 Å². The van der Waals surface area contributed by atoms with Crippen molar-refractivity contribution < 1.29 is 13.2 Å². The Bertz CT molecular complexity index is 880. The lowest BCUT2D eigenvalue weighted by Gasteiger charge is -2.26. The van der Waals surface area contributed by atoms with Crippen LogP contribution in [0.5, 0.6) is 0 Å². The normalized spacial score (nSPS) is 16.5. The number of sulfonamides is 1. The third-order valence-electron chi connectivity index (χ3n) is 4.97. The topological polar surface area (TPSA) is 75.3 Å². The van der Waals surface area contributed by atoms with Crippen molar-refractivity contribution in [3.8, 4) is 0 Å². The van der Waals surface area contributed by atoms with Crippen LogP contribution in [0.15, 0.2) is 64.0 Å². The second kappa shape index (κ2) is 9.67. The molecule has 1 aliphatic carbocycles. The summed E-state index contributed by atoms with van der Waals surface area (Å²) in [5.74, 6) is -0.267. The Labute approximate surface area is 175 Å². The van der Waals surface area contributed by atoms with Gasteiger partial charge < -0.3 is 5.32 Å². The fourth-order valence-corrected chi connectivity index (χ4v) is 4.92. The number of rotatable bonds is 7. The second-order valence-corrected chi connectivity index (χ2v) is 9.79. The van der Waals surface area contributed by atoms with Crippen LogP contribution in [0.4, 0.5) is 0 Å². The average molecular weight is 465 g/mol. The molecule has 1 atom stereocenters. The quantitative estimate of drug-likeness (QED) is 0.654. The first-order valence-corrected chi connectivity index (χ1v) is 11.8. The van der Waals surface area contributed by atoms with Crippen LogP contribution in [0.1, 0.15) is 37.7 Å². The van der Waals surface area contributed by atoms with Crippen molar-refractivity contribution in [3.63, 3.8) is 0 Å². The minimum atomic E-state index is -3.81. The molecule has 3 rings (SSSR count). The van der Waals surface area contributed by atoms with Crippen molar-refractivity contribution in [1.29, 1.82) is 0 Å². The van der Waals surface area contributed by atoms with Gasteiger partial charge in [-0.15, -0.1) is 0 Å². The summed E-state index contributed by atoms with van der Waals surface area (Å²) in [5.41, 5.74) is 0.907. The molecule has 150 valence electrons. The first-order chi connectivity index (χ1) is 13.4. The van der Waals surface area contributed by atoms with Gasteiger partial charge in [0.1, 0.15) is 6.04 Å². The van der Waals surface area contributed by atoms with E-state index in [0.29, 0.717) is 6.42 Å². The maximum atomic E-state index is 12.9. The lowest BCUT2D eigenvalue weighted by molar-refractivity contribution is -0.123. The van der Waals surface area contributed by atoms with Crippen LogP contribution in [0.2, 0.25) is 0 Å². The first kappa shape index (κ1) is 21.0. The monoisotopic (exact) mass is 464 g/mol. The van der Waals surface area contributed by atoms with E-state index in [1.54, 1.807) is 12.1 Å². The molecule has 0 aromatic heterocycles. The minimum absolute atomic E-state index is 0.122. The summed E-state index contributed by atoms with van der Waals surface area (Å²) in [7, 11) is -3.81. The molecule has 1 aliphatic rings. The van der Waals surface area contributed by atoms with Crippen molar-refractivity contribution >= 4 is 31.9 Å². The standard InChI is InChI=1S/C21H25BrN2O3S/c22-17-11-13-19(14-12-17)28(26,27)24-20(15-16-7-3-1-4-8-16)21(25)23-18-9-5-2-6-10-18/h1,3-4,7-8,11-14,18,20,24H,2,5-6,9-10,15H2,(H,23,25)/t20-/m1/s1. The number of nitrogens with one attached hydrogen (secondary N) is 2. The Balaban J connectivity index is 1.78. The Kier molecular flexibility index (Phi) is 7.26. The third kappa shape index (κ3) is 5.90. The van der Waals surface area contributed by atoms with Gasteiger partial charge in [-0.2, -0.15) is 4.72 Å². The Morgan fingerprint density at radius 3 is 2.29 bits per heavy atom. The Morgan fingerprint density at radius 1 is 1.00 bits per heavy atom. The molecule has 0 aliphatic heterocycles. The lowest BCUT2D eigenvalue weighted by Crippen LogP contribution is -2.50. The van der Waals surface area contributed by atoms with Crippen LogP contribution in [0.3, 0.4) is 0 Å². The summed E-state index contributed by atoms with van der Waals surface area (Å²) in [6.07, 6.45) is 5.58. The number of carbonyl (C=O) groups excluding carboxylic acids is 1. The molecule has 0 bridgehead atoms. The molecule has 0 heterocycles. The van der Waals surface area contributed by atoms with Gasteiger partial charge >= 0.3 is 0 Å². The zero-order chi connectivity index (χ0) is 20.0. The molecular weight excluding hydrogens is 440 g/mol. The molecule has 28 heavy (non-hydrogen) atoms. The molecule has 1 amide bonds. The van der Waals surface area contributed by atoms with Gasteiger partial charge in [-0.05, 0) is 49.1 Å². The van der Waals surface area contributed by atoms with Gasteiger partial charge in [0.15, 0.2) is 0 Å². The first-order valence-electron chi connectivity index (χ1n) is 9.56. The van der Waals surface area contributed by atoms with Gasteiger partial charge in [0.05, 0.1) is 4.90 Å². The van der Waals surface area contributed by atoms with E-state index in [1.807, 2.05) is 30.3 Å². The van der Waals surface area contributed by atoms with Crippen LogP contribution >= 0.6 is 15.9 Å². The molecule has 0 spiro atoms. The molecule has 0 saturated heterocycles. The van der Waals surface area contributed by atoms with Gasteiger partial charge in [-0.1, -0.05) is 65.5 Å². The summed E-state index contributed by atoms with van der Waals surface area (Å²) in [6.45, 7) is 0. The van der Waals surface area contributed by atoms with Crippen LogP contribution in [-0.2, 0) is 21.2 Å². The van der Waals surface area contributed by atoms with Gasteiger partial charge in [-0.3, -0.25) is 4.79 Å². The third-order valence-corrected chi connectivity index (χ3v) is 6.99. The van der Waals surface area contributed by atoms with Crippen molar-refractivity contribution in [2.45, 2.75) is 55.5 Å². The Morgan fingerprint density at radius 2 is 1.64 bits per heavy atom. The highest BCUT2D eigenvalue weighted by atomic mass is 79.9. The number of carbonyl (C=O) groups is 1. The second-order valence-electron chi connectivity index (χ2n) is 7.16. The molecule has 0 unspecified atom stereocenters. The highest BCUT2D eigenvalue weighted by Crippen LogP contribution is 2.19. The lowest BCUT2D eigenvalue weighted by atomic mass is 9.95. The van der Waals surface area contributed by atoms with Crippen molar-refractivity contribution in [3.05, 3.63) is 64.6 Å². The van der Waals surface area contributed by atoms with E-state index in [2.05, 4.69) is 26.0 Å². The van der Waals surface area contributed by atoms with Crippen molar-refractivity contribution in [1.82, 2.24) is 10.0 Å². The summed E-state index contributed by atoms with van der Waals surface area (Å²) < 4.78 is 29.1. The predicted molar refractivity (Wildman–Crippen MR) is 113 cm³/mol. The van der Waals surface area contributed by atoms with E-state index in [-0.39, 0.29) is 16.8 Å². The molecule has 1 fully saturated rings. The summed E-state index contributed by atoms with van der Waals surface area (Å²) in [5, 5.41) is 3.05. The molecule has 0 radical (unpaired) electrons. The number of hydrogen-bond donors (Lipinski definition) is 2. The molecule has 2 N–H and O–H groups in total. The zero-order valence-corrected chi connectivity index (χ0v) is 18.0. The smallest absolute Gasteiger partial charge is 0.241 e. The molecular formula is C21H25BrN2O3S. The molecule has 7 heteroatoms. The number of hydrogen-bond acceptors (Lipinski definition) is 3. The maximum Gasteiger partial charge on any atom is 0.241 e. The van der Waals surface area contributed by atoms with Gasteiger partial charge in [0, 0.05) is 10.5 Å². The summed E-state index contributed by atoms with van der Waals surface area (Å²) in [4.78, 5) is 13.1. The molecule has 1 saturated carbocycles. The summed E-state index contributed by atoms with van der Waals surface area (Å²) in [6, 6.07) is 15.1. The fraction of sp³-hybridized carbons (Fsp3) is 0.381. The van der Waals surface area contributed by atoms with Crippen LogP contribution in [0.25, 0.3) is 0 Å². The van der Waals surface area contributed by atoms with Crippen LogP contribution < -0.4 is 10.0 Å². The van der Waals surface area contributed by atoms with Crippen molar-refractivity contribution in [2.75, 3.05) is 0 Å². The number of halogens is 1. The van der Waals surface area contributed by atoms with E-state index in [1.165, 1.54) is 18.6 Å². The van der Waals surface area contributed by atoms with E-state index < -0.39 is 16.1 Å². The van der Waals surface area contributed by atoms with Gasteiger partial charge in [-0.25, -0.2) is 8.42 Å².